The number of halogens is 2. The molecule has 0 saturated heterocycles. The van der Waals surface area contributed by atoms with Crippen molar-refractivity contribution in [3.05, 3.63) is 21.3 Å². The zero-order valence-corrected chi connectivity index (χ0v) is 11.7. The third-order valence-corrected chi connectivity index (χ3v) is 4.93. The lowest BCUT2D eigenvalue weighted by atomic mass is 9.89. The first-order chi connectivity index (χ1) is 8.16. The van der Waals surface area contributed by atoms with Gasteiger partial charge in [0.2, 0.25) is 0 Å². The third-order valence-electron chi connectivity index (χ3n) is 3.15. The Labute approximate surface area is 115 Å². The molecule has 0 aromatic carbocycles. The Morgan fingerprint density at radius 1 is 1.41 bits per heavy atom. The molecular weight excluding hydrogens is 277 g/mol. The van der Waals surface area contributed by atoms with Gasteiger partial charge in [-0.15, -0.1) is 22.9 Å². The molecule has 1 aromatic heterocycles. The summed E-state index contributed by atoms with van der Waals surface area (Å²) in [6.07, 6.45) is 4.32. The second kappa shape index (κ2) is 6.07. The highest BCUT2D eigenvalue weighted by Crippen LogP contribution is 2.27. The minimum atomic E-state index is -0.0574. The molecule has 0 radical (unpaired) electrons. The lowest BCUT2D eigenvalue weighted by molar-refractivity contribution is 0.0948. The van der Waals surface area contributed by atoms with E-state index in [4.69, 9.17) is 23.2 Å². The zero-order chi connectivity index (χ0) is 12.3. The molecule has 1 heterocycles. The number of hydrogen-bond acceptors (Lipinski definition) is 2. The largest absolute Gasteiger partial charge is 0.351 e. The van der Waals surface area contributed by atoms with Gasteiger partial charge in [0, 0.05) is 11.9 Å². The Morgan fingerprint density at radius 2 is 2.12 bits per heavy atom. The standard InChI is InChI=1S/C12H15Cl2NOS/c13-9-3-1-8(2-4-9)7-15-12(16)11-10(14)5-6-17-11/h5-6,8-9H,1-4,7H2,(H,15,16). The fraction of sp³-hybridized carbons (Fsp3) is 0.583. The molecule has 1 saturated carbocycles. The number of hydrogen-bond donors (Lipinski definition) is 1. The second-order valence-corrected chi connectivity index (χ2v) is 6.37. The van der Waals surface area contributed by atoms with Gasteiger partial charge in [-0.05, 0) is 43.0 Å². The molecule has 2 nitrogen and oxygen atoms in total. The van der Waals surface area contributed by atoms with Crippen molar-refractivity contribution in [2.75, 3.05) is 6.54 Å². The summed E-state index contributed by atoms with van der Waals surface area (Å²) >= 11 is 13.3. The Bertz CT molecular complexity index is 386. The molecule has 0 atom stereocenters. The van der Waals surface area contributed by atoms with Crippen LogP contribution in [0, 0.1) is 5.92 Å². The molecule has 2 rings (SSSR count). The zero-order valence-electron chi connectivity index (χ0n) is 9.42. The number of nitrogens with one attached hydrogen (secondary N) is 1. The van der Waals surface area contributed by atoms with Crippen LogP contribution in [0.1, 0.15) is 35.4 Å². The molecule has 0 aliphatic heterocycles. The Balaban J connectivity index is 1.79. The topological polar surface area (TPSA) is 29.1 Å². The van der Waals surface area contributed by atoms with Crippen LogP contribution in [-0.2, 0) is 0 Å². The van der Waals surface area contributed by atoms with Crippen molar-refractivity contribution in [3.63, 3.8) is 0 Å². The van der Waals surface area contributed by atoms with Crippen LogP contribution in [0.2, 0.25) is 5.02 Å². The lowest BCUT2D eigenvalue weighted by Gasteiger charge is -2.24. The molecule has 1 aliphatic rings. The summed E-state index contributed by atoms with van der Waals surface area (Å²) in [4.78, 5) is 12.4. The van der Waals surface area contributed by atoms with Gasteiger partial charge in [-0.3, -0.25) is 4.79 Å². The summed E-state index contributed by atoms with van der Waals surface area (Å²) in [6, 6.07) is 1.75. The number of carbonyl (C=O) groups is 1. The van der Waals surface area contributed by atoms with Gasteiger partial charge < -0.3 is 5.32 Å². The molecule has 1 N–H and O–H groups in total. The maximum atomic E-state index is 11.8. The van der Waals surface area contributed by atoms with Crippen molar-refractivity contribution < 1.29 is 4.79 Å². The van der Waals surface area contributed by atoms with Crippen LogP contribution in [0.3, 0.4) is 0 Å². The normalized spacial score (nSPS) is 24.6. The van der Waals surface area contributed by atoms with Gasteiger partial charge >= 0.3 is 0 Å². The molecule has 1 amide bonds. The minimum Gasteiger partial charge on any atom is -0.351 e. The monoisotopic (exact) mass is 291 g/mol. The van der Waals surface area contributed by atoms with E-state index < -0.39 is 0 Å². The quantitative estimate of drug-likeness (QED) is 0.840. The molecule has 94 valence electrons. The van der Waals surface area contributed by atoms with Crippen LogP contribution in [0.15, 0.2) is 11.4 Å². The van der Waals surface area contributed by atoms with E-state index in [0.29, 0.717) is 21.2 Å². The molecule has 1 aliphatic carbocycles. The lowest BCUT2D eigenvalue weighted by Crippen LogP contribution is -2.31. The number of alkyl halides is 1. The highest BCUT2D eigenvalue weighted by Gasteiger charge is 2.20. The minimum absolute atomic E-state index is 0.0574. The summed E-state index contributed by atoms with van der Waals surface area (Å²) < 4.78 is 0. The fourth-order valence-corrected chi connectivity index (χ4v) is 3.41. The Hall–Kier alpha value is -0.250. The SMILES string of the molecule is O=C(NCC1CCC(Cl)CC1)c1sccc1Cl. The molecular formula is C12H15Cl2NOS. The molecule has 1 aromatic rings. The van der Waals surface area contributed by atoms with E-state index in [0.717, 1.165) is 32.2 Å². The van der Waals surface area contributed by atoms with Crippen LogP contribution >= 0.6 is 34.5 Å². The molecule has 0 spiro atoms. The van der Waals surface area contributed by atoms with E-state index in [-0.39, 0.29) is 5.91 Å². The number of amides is 1. The highest BCUT2D eigenvalue weighted by atomic mass is 35.5. The van der Waals surface area contributed by atoms with Gasteiger partial charge in [-0.1, -0.05) is 11.6 Å². The predicted molar refractivity (Wildman–Crippen MR) is 73.3 cm³/mol. The summed E-state index contributed by atoms with van der Waals surface area (Å²) in [7, 11) is 0. The summed E-state index contributed by atoms with van der Waals surface area (Å²) in [5, 5.41) is 5.65. The summed E-state index contributed by atoms with van der Waals surface area (Å²) in [5.74, 6) is 0.505. The van der Waals surface area contributed by atoms with E-state index in [2.05, 4.69) is 5.32 Å². The van der Waals surface area contributed by atoms with Crippen molar-refractivity contribution in [2.24, 2.45) is 5.92 Å². The maximum absolute atomic E-state index is 11.8. The van der Waals surface area contributed by atoms with E-state index in [1.807, 2.05) is 5.38 Å². The number of rotatable bonds is 3. The second-order valence-electron chi connectivity index (χ2n) is 4.43. The van der Waals surface area contributed by atoms with Crippen LogP contribution in [0.5, 0.6) is 0 Å². The molecule has 5 heteroatoms. The average Bonchev–Trinajstić information content (AvgIpc) is 2.74. The average molecular weight is 292 g/mol. The molecule has 17 heavy (non-hydrogen) atoms. The Morgan fingerprint density at radius 3 is 2.71 bits per heavy atom. The first-order valence-electron chi connectivity index (χ1n) is 5.82. The van der Waals surface area contributed by atoms with Crippen LogP contribution in [0.4, 0.5) is 0 Å². The van der Waals surface area contributed by atoms with Crippen molar-refractivity contribution in [2.45, 2.75) is 31.1 Å². The van der Waals surface area contributed by atoms with E-state index in [1.165, 1.54) is 11.3 Å². The third kappa shape index (κ3) is 3.60. The maximum Gasteiger partial charge on any atom is 0.262 e. The van der Waals surface area contributed by atoms with Crippen molar-refractivity contribution in [1.29, 1.82) is 0 Å². The van der Waals surface area contributed by atoms with Gasteiger partial charge in [0.25, 0.3) is 5.91 Å². The number of thiophene rings is 1. The smallest absolute Gasteiger partial charge is 0.262 e. The first kappa shape index (κ1) is 13.2. The van der Waals surface area contributed by atoms with Gasteiger partial charge in [-0.25, -0.2) is 0 Å². The van der Waals surface area contributed by atoms with Crippen molar-refractivity contribution >= 4 is 40.4 Å². The Kier molecular flexibility index (Phi) is 4.71. The van der Waals surface area contributed by atoms with E-state index >= 15 is 0 Å². The van der Waals surface area contributed by atoms with Gasteiger partial charge in [-0.2, -0.15) is 0 Å². The first-order valence-corrected chi connectivity index (χ1v) is 7.51. The molecule has 0 bridgehead atoms. The van der Waals surface area contributed by atoms with Crippen molar-refractivity contribution in [3.8, 4) is 0 Å². The van der Waals surface area contributed by atoms with Crippen LogP contribution in [0.25, 0.3) is 0 Å². The van der Waals surface area contributed by atoms with E-state index in [1.54, 1.807) is 6.07 Å². The molecule has 0 unspecified atom stereocenters. The fourth-order valence-electron chi connectivity index (χ4n) is 2.10. The predicted octanol–water partition coefficient (Wildman–Crippen LogP) is 3.93. The van der Waals surface area contributed by atoms with Gasteiger partial charge in [0.15, 0.2) is 0 Å². The van der Waals surface area contributed by atoms with Gasteiger partial charge in [0.1, 0.15) is 4.88 Å². The van der Waals surface area contributed by atoms with Crippen LogP contribution < -0.4 is 5.32 Å². The van der Waals surface area contributed by atoms with E-state index in [9.17, 15) is 4.79 Å². The summed E-state index contributed by atoms with van der Waals surface area (Å²) in [6.45, 7) is 0.733. The molecule has 1 fully saturated rings. The summed E-state index contributed by atoms with van der Waals surface area (Å²) in [5.41, 5.74) is 0. The van der Waals surface area contributed by atoms with Crippen molar-refractivity contribution in [1.82, 2.24) is 5.32 Å². The van der Waals surface area contributed by atoms with Gasteiger partial charge in [0.05, 0.1) is 5.02 Å². The number of carbonyl (C=O) groups excluding carboxylic acids is 1. The van der Waals surface area contributed by atoms with Crippen LogP contribution in [-0.4, -0.2) is 17.8 Å². The highest BCUT2D eigenvalue weighted by molar-refractivity contribution is 7.12.